The molecule has 0 unspecified atom stereocenters. The number of ether oxygens (including phenoxy) is 2. The number of phenolic OH excluding ortho intramolecular Hbond substituents is 2. The molecule has 0 atom stereocenters. The van der Waals surface area contributed by atoms with Gasteiger partial charge in [-0.2, -0.15) is 0 Å². The van der Waals surface area contributed by atoms with E-state index in [0.717, 1.165) is 11.5 Å². The Morgan fingerprint density at radius 2 is 1.04 bits per heavy atom. The molecule has 0 radical (unpaired) electrons. The van der Waals surface area contributed by atoms with Crippen LogP contribution in [0, 0.1) is 6.65 Å². The Bertz CT molecular complexity index is 494. The van der Waals surface area contributed by atoms with Gasteiger partial charge >= 0.3 is 11.3 Å². The molecule has 2 aromatic carbocycles. The van der Waals surface area contributed by atoms with Crippen molar-refractivity contribution in [3.63, 3.8) is 0 Å². The van der Waals surface area contributed by atoms with Crippen molar-refractivity contribution in [2.75, 3.05) is 6.79 Å². The summed E-state index contributed by atoms with van der Waals surface area (Å²) in [6.45, 7) is 12.9. The molecular weight excluding hydrogens is 296 g/mol. The van der Waals surface area contributed by atoms with E-state index in [9.17, 15) is 0 Å². The Labute approximate surface area is 137 Å². The van der Waals surface area contributed by atoms with Crippen LogP contribution < -0.4 is 9.47 Å². The predicted octanol–water partition coefficient (Wildman–Crippen LogP) is 4.53. The average molecular weight is 320 g/mol. The van der Waals surface area contributed by atoms with Gasteiger partial charge in [0.15, 0.2) is 23.0 Å². The number of fused-ring (bicyclic) bond motifs is 1. The van der Waals surface area contributed by atoms with Gasteiger partial charge in [0.25, 0.3) is 0 Å². The Morgan fingerprint density at radius 1 is 0.739 bits per heavy atom. The zero-order chi connectivity index (χ0) is 18.1. The fourth-order valence-electron chi connectivity index (χ4n) is 1.31. The smallest absolute Gasteiger partial charge is 0.231 e. The number of benzene rings is 2. The van der Waals surface area contributed by atoms with E-state index in [0.29, 0.717) is 6.79 Å². The van der Waals surface area contributed by atoms with Crippen molar-refractivity contribution in [1.29, 1.82) is 0 Å². The molecule has 1 heterocycles. The third kappa shape index (κ3) is 9.09. The molecule has 3 rings (SSSR count). The Morgan fingerprint density at radius 3 is 1.35 bits per heavy atom. The van der Waals surface area contributed by atoms with Crippen molar-refractivity contribution in [2.45, 2.75) is 27.7 Å². The molecule has 0 saturated heterocycles. The third-order valence-corrected chi connectivity index (χ3v) is 2.16. The largest absolute Gasteiger partial charge is 0.454 e. The summed E-state index contributed by atoms with van der Waals surface area (Å²) in [7, 11) is 0. The maximum Gasteiger partial charge on any atom is 0.231 e. The molecular formula is C18H24O5. The number of aromatic hydroxyl groups is 2. The van der Waals surface area contributed by atoms with Gasteiger partial charge in [0.1, 0.15) is 0 Å². The molecule has 0 saturated carbocycles. The van der Waals surface area contributed by atoms with Crippen LogP contribution in [0.15, 0.2) is 48.5 Å². The van der Waals surface area contributed by atoms with E-state index in [-0.39, 0.29) is 11.5 Å². The van der Waals surface area contributed by atoms with Crippen LogP contribution in [0.4, 0.5) is 0 Å². The van der Waals surface area contributed by atoms with Crippen molar-refractivity contribution >= 4 is 0 Å². The normalized spacial score (nSPS) is 9.13. The van der Waals surface area contributed by atoms with Gasteiger partial charge in [-0.1, -0.05) is 52.0 Å². The van der Waals surface area contributed by atoms with Crippen LogP contribution in [-0.4, -0.2) is 17.0 Å². The Hall–Kier alpha value is -2.62. The molecule has 0 aliphatic carbocycles. The van der Waals surface area contributed by atoms with Crippen LogP contribution in [0.5, 0.6) is 23.0 Å². The quantitative estimate of drug-likeness (QED) is 0.425. The summed E-state index contributed by atoms with van der Waals surface area (Å²) < 4.78 is 17.7. The molecule has 23 heavy (non-hydrogen) atoms. The molecule has 0 fully saturated rings. The number of rotatable bonds is 0. The zero-order valence-electron chi connectivity index (χ0n) is 13.9. The van der Waals surface area contributed by atoms with Crippen molar-refractivity contribution < 1.29 is 24.3 Å². The second kappa shape index (κ2) is 15.8. The van der Waals surface area contributed by atoms with Crippen LogP contribution in [0.3, 0.4) is 0 Å². The van der Waals surface area contributed by atoms with Gasteiger partial charge in [-0.05, 0) is 24.3 Å². The number of hydrogen-bond acceptors (Lipinski definition) is 4. The van der Waals surface area contributed by atoms with E-state index in [2.05, 4.69) is 6.65 Å². The van der Waals surface area contributed by atoms with Gasteiger partial charge in [0, 0.05) is 0 Å². The van der Waals surface area contributed by atoms with Crippen molar-refractivity contribution in [1.82, 2.24) is 0 Å². The first kappa shape index (κ1) is 22.7. The first-order valence-corrected chi connectivity index (χ1v) is 7.29. The summed E-state index contributed by atoms with van der Waals surface area (Å²) in [6, 6.07) is 13.8. The first-order chi connectivity index (χ1) is 11.3. The molecule has 5 nitrogen and oxygen atoms in total. The summed E-state index contributed by atoms with van der Waals surface area (Å²) in [5.74, 6) is 1.54. The van der Waals surface area contributed by atoms with Gasteiger partial charge in [-0.3, -0.25) is 0 Å². The molecule has 0 bridgehead atoms. The van der Waals surface area contributed by atoms with Crippen molar-refractivity contribution in [2.24, 2.45) is 0 Å². The van der Waals surface area contributed by atoms with E-state index in [1.165, 1.54) is 12.1 Å². The average Bonchev–Trinajstić information content (AvgIpc) is 3.12. The monoisotopic (exact) mass is 320 g/mol. The minimum atomic E-state index is -0.0764. The molecule has 2 aromatic rings. The molecule has 1 aliphatic heterocycles. The summed E-state index contributed by atoms with van der Waals surface area (Å²) in [5.41, 5.74) is 0. The minimum Gasteiger partial charge on any atom is -0.454 e. The fourth-order valence-corrected chi connectivity index (χ4v) is 1.31. The molecule has 0 aromatic heterocycles. The van der Waals surface area contributed by atoms with E-state index < -0.39 is 0 Å². The molecule has 2 N–H and O–H groups in total. The second-order valence-electron chi connectivity index (χ2n) is 3.34. The SMILES string of the molecule is CC.CC.Oc1ccccc1O.[C-]#[O+].c1ccc2c(c1)OCO2. The summed E-state index contributed by atoms with van der Waals surface area (Å²) in [4.78, 5) is 0. The van der Waals surface area contributed by atoms with Crippen molar-refractivity contribution in [3.8, 4) is 23.0 Å². The molecule has 1 aliphatic rings. The summed E-state index contributed by atoms with van der Waals surface area (Å²) in [6.07, 6.45) is 0. The van der Waals surface area contributed by atoms with Gasteiger partial charge in [-0.25, -0.2) is 0 Å². The third-order valence-electron chi connectivity index (χ3n) is 2.16. The van der Waals surface area contributed by atoms with Gasteiger partial charge in [-0.15, -0.1) is 0 Å². The second-order valence-corrected chi connectivity index (χ2v) is 3.34. The van der Waals surface area contributed by atoms with Gasteiger partial charge in [0.2, 0.25) is 6.79 Å². The molecule has 126 valence electrons. The molecule has 0 amide bonds. The van der Waals surface area contributed by atoms with Crippen LogP contribution >= 0.6 is 0 Å². The van der Waals surface area contributed by atoms with E-state index >= 15 is 0 Å². The van der Waals surface area contributed by atoms with E-state index in [4.69, 9.17) is 24.3 Å². The van der Waals surface area contributed by atoms with Gasteiger partial charge < -0.3 is 19.7 Å². The number of phenols is 2. The summed E-state index contributed by atoms with van der Waals surface area (Å²) in [5, 5.41) is 17.3. The van der Waals surface area contributed by atoms with Gasteiger partial charge in [0.05, 0.1) is 0 Å². The van der Waals surface area contributed by atoms with Crippen LogP contribution in [0.1, 0.15) is 27.7 Å². The zero-order valence-corrected chi connectivity index (χ0v) is 13.9. The Kier molecular flexibility index (Phi) is 15.5. The maximum atomic E-state index is 8.67. The predicted molar refractivity (Wildman–Crippen MR) is 89.0 cm³/mol. The number of para-hydroxylation sites is 4. The van der Waals surface area contributed by atoms with E-state index in [1.54, 1.807) is 12.1 Å². The van der Waals surface area contributed by atoms with Crippen LogP contribution in [0.25, 0.3) is 0 Å². The van der Waals surface area contributed by atoms with E-state index in [1.807, 2.05) is 52.0 Å². The topological polar surface area (TPSA) is 78.8 Å². The maximum absolute atomic E-state index is 8.67. The fraction of sp³-hybridized carbons (Fsp3) is 0.278. The van der Waals surface area contributed by atoms with Crippen molar-refractivity contribution in [3.05, 3.63) is 55.2 Å². The van der Waals surface area contributed by atoms with Crippen LogP contribution in [-0.2, 0) is 4.65 Å². The first-order valence-electron chi connectivity index (χ1n) is 7.29. The number of hydrogen-bond donors (Lipinski definition) is 2. The molecule has 5 heteroatoms. The Balaban J connectivity index is 0. The summed E-state index contributed by atoms with van der Waals surface area (Å²) >= 11 is 0. The standard InChI is InChI=1S/C7H6O2.C6H6O2.2C2H6.CO/c1-2-4-7-6(3-1)8-5-9-7;7-5-3-1-2-4-6(5)8;3*1-2/h1-4H,5H2;1-4,7-8H;2*1-2H3;. The minimum absolute atomic E-state index is 0.0764. The van der Waals surface area contributed by atoms with Crippen LogP contribution in [0.2, 0.25) is 0 Å². The molecule has 0 spiro atoms.